The van der Waals surface area contributed by atoms with Gasteiger partial charge >= 0.3 is 5.97 Å². The summed E-state index contributed by atoms with van der Waals surface area (Å²) >= 11 is 0. The lowest BCUT2D eigenvalue weighted by Crippen LogP contribution is -2.34. The van der Waals surface area contributed by atoms with Gasteiger partial charge in [0.25, 0.3) is 0 Å². The third-order valence-electron chi connectivity index (χ3n) is 3.27. The largest absolute Gasteiger partial charge is 0.479 e. The van der Waals surface area contributed by atoms with Crippen LogP contribution in [0.5, 0.6) is 0 Å². The normalized spacial score (nSPS) is 12.0. The number of carboxylic acids is 1. The summed E-state index contributed by atoms with van der Waals surface area (Å²) < 4.78 is 4.93. The molecule has 0 radical (unpaired) electrons. The molecule has 0 aliphatic heterocycles. The zero-order chi connectivity index (χ0) is 17.0. The molecule has 0 fully saturated rings. The molecule has 1 unspecified atom stereocenters. The number of aromatic nitrogens is 2. The number of nitrogens with zero attached hydrogens (tertiary/aromatic N) is 2. The highest BCUT2D eigenvalue weighted by Gasteiger charge is 2.22. The zero-order valence-electron chi connectivity index (χ0n) is 13.3. The highest BCUT2D eigenvalue weighted by molar-refractivity contribution is 5.84. The van der Waals surface area contributed by atoms with Crippen molar-refractivity contribution in [1.29, 1.82) is 0 Å². The van der Waals surface area contributed by atoms with Gasteiger partial charge in [-0.15, -0.1) is 0 Å². The number of rotatable bonds is 6. The number of aryl methyl sites for hydroxylation is 4. The fraction of sp³-hybridized carbons (Fsp3) is 0.375. The molecule has 1 aromatic heterocycles. The lowest BCUT2D eigenvalue weighted by Gasteiger charge is -2.16. The third kappa shape index (κ3) is 4.64. The molecule has 0 saturated heterocycles. The zero-order valence-corrected chi connectivity index (χ0v) is 13.3. The van der Waals surface area contributed by atoms with Crippen LogP contribution < -0.4 is 5.32 Å². The lowest BCUT2D eigenvalue weighted by atomic mass is 10.0. The maximum atomic E-state index is 12.0. The van der Waals surface area contributed by atoms with E-state index in [1.807, 2.05) is 19.9 Å². The van der Waals surface area contributed by atoms with Crippen molar-refractivity contribution in [1.82, 2.24) is 15.5 Å². The molecule has 1 atom stereocenters. The molecule has 7 heteroatoms. The van der Waals surface area contributed by atoms with E-state index in [1.54, 1.807) is 19.1 Å². The van der Waals surface area contributed by atoms with Crippen molar-refractivity contribution in [2.75, 3.05) is 0 Å². The van der Waals surface area contributed by atoms with Gasteiger partial charge < -0.3 is 14.9 Å². The summed E-state index contributed by atoms with van der Waals surface area (Å²) in [7, 11) is 0. The summed E-state index contributed by atoms with van der Waals surface area (Å²) in [5, 5.41) is 15.6. The first-order valence-electron chi connectivity index (χ1n) is 7.24. The Morgan fingerprint density at radius 2 is 1.87 bits per heavy atom. The van der Waals surface area contributed by atoms with Crippen LogP contribution in [-0.2, 0) is 16.0 Å². The number of carbonyl (C=O) groups is 2. The lowest BCUT2D eigenvalue weighted by molar-refractivity contribution is -0.142. The van der Waals surface area contributed by atoms with E-state index in [0.717, 1.165) is 11.1 Å². The number of carbonyl (C=O) groups excluding carboxylic acids is 1. The van der Waals surface area contributed by atoms with Crippen molar-refractivity contribution < 1.29 is 19.2 Å². The Balaban J connectivity index is 2.04. The number of benzene rings is 1. The van der Waals surface area contributed by atoms with Gasteiger partial charge in [-0.25, -0.2) is 4.79 Å². The van der Waals surface area contributed by atoms with Crippen LogP contribution >= 0.6 is 0 Å². The van der Waals surface area contributed by atoms with Crippen LogP contribution in [0, 0.1) is 20.8 Å². The minimum Gasteiger partial charge on any atom is -0.479 e. The van der Waals surface area contributed by atoms with Gasteiger partial charge in [0.15, 0.2) is 11.9 Å². The second-order valence-corrected chi connectivity index (χ2v) is 5.50. The van der Waals surface area contributed by atoms with E-state index >= 15 is 0 Å². The van der Waals surface area contributed by atoms with Gasteiger partial charge in [-0.1, -0.05) is 34.5 Å². The van der Waals surface area contributed by atoms with Crippen molar-refractivity contribution in [3.05, 3.63) is 46.6 Å². The Morgan fingerprint density at radius 1 is 1.22 bits per heavy atom. The predicted octanol–water partition coefficient (Wildman–Crippen LogP) is 1.87. The van der Waals surface area contributed by atoms with Crippen LogP contribution in [0.2, 0.25) is 0 Å². The van der Waals surface area contributed by atoms with Crippen molar-refractivity contribution >= 4 is 11.9 Å². The molecular formula is C16H19N3O4. The summed E-state index contributed by atoms with van der Waals surface area (Å²) in [6.45, 7) is 5.46. The minimum atomic E-state index is -1.10. The second kappa shape index (κ2) is 7.04. The SMILES string of the molecule is Cc1cc(C)cc(C(NC(=O)CCc2nc(C)no2)C(=O)O)c1. The third-order valence-corrected chi connectivity index (χ3v) is 3.27. The molecule has 0 spiro atoms. The van der Waals surface area contributed by atoms with Crippen LogP contribution in [0.25, 0.3) is 0 Å². The Hall–Kier alpha value is -2.70. The standard InChI is InChI=1S/C16H19N3O4/c1-9-6-10(2)8-12(7-9)15(16(21)22)18-13(20)4-5-14-17-11(3)19-23-14/h6-8,15H,4-5H2,1-3H3,(H,18,20)(H,21,22). The van der Waals surface area contributed by atoms with Gasteiger partial charge in [0.1, 0.15) is 0 Å². The van der Waals surface area contributed by atoms with E-state index in [2.05, 4.69) is 15.5 Å². The van der Waals surface area contributed by atoms with E-state index in [0.29, 0.717) is 17.3 Å². The van der Waals surface area contributed by atoms with Crippen LogP contribution in [0.4, 0.5) is 0 Å². The highest BCUT2D eigenvalue weighted by Crippen LogP contribution is 2.18. The maximum Gasteiger partial charge on any atom is 0.330 e. The van der Waals surface area contributed by atoms with Gasteiger partial charge in [-0.05, 0) is 26.3 Å². The van der Waals surface area contributed by atoms with Crippen LogP contribution in [0.3, 0.4) is 0 Å². The van der Waals surface area contributed by atoms with Crippen molar-refractivity contribution in [2.24, 2.45) is 0 Å². The van der Waals surface area contributed by atoms with Crippen molar-refractivity contribution in [3.63, 3.8) is 0 Å². The molecule has 23 heavy (non-hydrogen) atoms. The summed E-state index contributed by atoms with van der Waals surface area (Å²) in [4.78, 5) is 27.5. The fourth-order valence-corrected chi connectivity index (χ4v) is 2.36. The number of nitrogens with one attached hydrogen (secondary N) is 1. The number of aliphatic carboxylic acids is 1. The molecule has 0 saturated carbocycles. The molecule has 2 N–H and O–H groups in total. The average Bonchev–Trinajstić information content (AvgIpc) is 2.87. The topological polar surface area (TPSA) is 105 Å². The number of carboxylic acid groups (broad SMARTS) is 1. The fourth-order valence-electron chi connectivity index (χ4n) is 2.36. The minimum absolute atomic E-state index is 0.0796. The summed E-state index contributed by atoms with van der Waals surface area (Å²) in [6, 6.07) is 4.38. The number of hydrogen-bond acceptors (Lipinski definition) is 5. The Labute approximate surface area is 133 Å². The summed E-state index contributed by atoms with van der Waals surface area (Å²) in [5.41, 5.74) is 2.45. The molecular weight excluding hydrogens is 298 g/mol. The summed E-state index contributed by atoms with van der Waals surface area (Å²) in [5.74, 6) is -0.626. The number of hydrogen-bond donors (Lipinski definition) is 2. The van der Waals surface area contributed by atoms with Crippen LogP contribution in [-0.4, -0.2) is 27.1 Å². The van der Waals surface area contributed by atoms with E-state index < -0.39 is 12.0 Å². The molecule has 1 amide bonds. The highest BCUT2D eigenvalue weighted by atomic mass is 16.5. The molecule has 1 aromatic carbocycles. The molecule has 0 aliphatic carbocycles. The van der Waals surface area contributed by atoms with E-state index in [-0.39, 0.29) is 18.7 Å². The van der Waals surface area contributed by atoms with E-state index in [1.165, 1.54) is 0 Å². The molecule has 0 aliphatic rings. The van der Waals surface area contributed by atoms with Gasteiger partial charge in [-0.2, -0.15) is 4.98 Å². The van der Waals surface area contributed by atoms with Crippen molar-refractivity contribution in [2.45, 2.75) is 39.7 Å². The Bertz CT molecular complexity index is 704. The molecule has 2 rings (SSSR count). The van der Waals surface area contributed by atoms with Gasteiger partial charge in [-0.3, -0.25) is 4.79 Å². The van der Waals surface area contributed by atoms with Gasteiger partial charge in [0.2, 0.25) is 11.8 Å². The first kappa shape index (κ1) is 16.7. The predicted molar refractivity (Wildman–Crippen MR) is 81.8 cm³/mol. The van der Waals surface area contributed by atoms with Crippen LogP contribution in [0.1, 0.15) is 40.9 Å². The maximum absolute atomic E-state index is 12.0. The molecule has 122 valence electrons. The summed E-state index contributed by atoms with van der Waals surface area (Å²) in [6.07, 6.45) is 0.349. The van der Waals surface area contributed by atoms with Crippen LogP contribution in [0.15, 0.2) is 22.7 Å². The smallest absolute Gasteiger partial charge is 0.330 e. The molecule has 1 heterocycles. The molecule has 0 bridgehead atoms. The number of amides is 1. The Kier molecular flexibility index (Phi) is 5.10. The second-order valence-electron chi connectivity index (χ2n) is 5.50. The Morgan fingerprint density at radius 3 is 2.39 bits per heavy atom. The van der Waals surface area contributed by atoms with E-state index in [9.17, 15) is 14.7 Å². The average molecular weight is 317 g/mol. The van der Waals surface area contributed by atoms with Crippen molar-refractivity contribution in [3.8, 4) is 0 Å². The first-order chi connectivity index (χ1) is 10.8. The quantitative estimate of drug-likeness (QED) is 0.842. The van der Waals surface area contributed by atoms with E-state index in [4.69, 9.17) is 4.52 Å². The van der Waals surface area contributed by atoms with Gasteiger partial charge in [0.05, 0.1) is 0 Å². The molecule has 7 nitrogen and oxygen atoms in total. The molecule has 2 aromatic rings. The first-order valence-corrected chi connectivity index (χ1v) is 7.24. The van der Waals surface area contributed by atoms with Gasteiger partial charge in [0, 0.05) is 12.8 Å². The monoisotopic (exact) mass is 317 g/mol.